The molecule has 3 aromatic heterocycles. The van der Waals surface area contributed by atoms with Gasteiger partial charge in [0.25, 0.3) is 0 Å². The van der Waals surface area contributed by atoms with Gasteiger partial charge in [0.15, 0.2) is 0 Å². The third-order valence-electron chi connectivity index (χ3n) is 9.10. The van der Waals surface area contributed by atoms with E-state index >= 15 is 0 Å². The summed E-state index contributed by atoms with van der Waals surface area (Å²) in [4.78, 5) is 0. The number of aryl methyl sites for hydroxylation is 2. The Labute approximate surface area is 260 Å². The number of hydrogen-bond acceptors (Lipinski definition) is 2. The van der Waals surface area contributed by atoms with E-state index in [1.165, 1.54) is 38.5 Å². The third kappa shape index (κ3) is 3.98. The second kappa shape index (κ2) is 9.87. The molecule has 0 aliphatic heterocycles. The van der Waals surface area contributed by atoms with Crippen molar-refractivity contribution in [2.45, 2.75) is 13.8 Å². The van der Waals surface area contributed by atoms with Crippen LogP contribution in [0.1, 0.15) is 11.5 Å². The van der Waals surface area contributed by atoms with Crippen LogP contribution < -0.4 is 0 Å². The van der Waals surface area contributed by atoms with E-state index in [1.807, 2.05) is 0 Å². The minimum Gasteiger partial charge on any atom is -0.461 e. The van der Waals surface area contributed by atoms with Gasteiger partial charge < -0.3 is 13.4 Å². The topological polar surface area (TPSA) is 31.2 Å². The molecule has 0 aliphatic rings. The third-order valence-corrected chi connectivity index (χ3v) is 9.10. The van der Waals surface area contributed by atoms with Crippen molar-refractivity contribution in [3.05, 3.63) is 151 Å². The van der Waals surface area contributed by atoms with Crippen LogP contribution in [0.5, 0.6) is 0 Å². The standard InChI is InChI=1S/C42H29NO2/c1-26-41(35-24-31(19-21-39(35)44-26)30-14-10-13-29(23-30)28-11-4-3-5-12-28)42-27(2)45-40-22-20-32(25-36(40)42)43-37-17-8-6-15-33(37)34-16-7-9-18-38(34)43/h3-25H,1-2H3. The van der Waals surface area contributed by atoms with Gasteiger partial charge in [0, 0.05) is 38.4 Å². The first-order valence-electron chi connectivity index (χ1n) is 15.4. The van der Waals surface area contributed by atoms with Crippen molar-refractivity contribution in [2.24, 2.45) is 0 Å². The van der Waals surface area contributed by atoms with E-state index < -0.39 is 0 Å². The Kier molecular flexibility index (Phi) is 5.63. The van der Waals surface area contributed by atoms with Crippen molar-refractivity contribution in [3.63, 3.8) is 0 Å². The van der Waals surface area contributed by atoms with Crippen LogP contribution in [-0.4, -0.2) is 4.57 Å². The monoisotopic (exact) mass is 579 g/mol. The lowest BCUT2D eigenvalue weighted by atomic mass is 9.95. The molecule has 3 heterocycles. The van der Waals surface area contributed by atoms with Crippen LogP contribution in [0.2, 0.25) is 0 Å². The average Bonchev–Trinajstić information content (AvgIpc) is 3.71. The number of fused-ring (bicyclic) bond motifs is 5. The average molecular weight is 580 g/mol. The van der Waals surface area contributed by atoms with Crippen LogP contribution in [0.25, 0.3) is 82.8 Å². The molecule has 0 spiro atoms. The fraction of sp³-hybridized carbons (Fsp3) is 0.0476. The fourth-order valence-electron chi connectivity index (χ4n) is 7.08. The van der Waals surface area contributed by atoms with Crippen LogP contribution in [0.4, 0.5) is 0 Å². The van der Waals surface area contributed by atoms with E-state index in [0.29, 0.717) is 0 Å². The molecule has 0 N–H and O–H groups in total. The highest BCUT2D eigenvalue weighted by atomic mass is 16.3. The number of para-hydroxylation sites is 2. The lowest BCUT2D eigenvalue weighted by molar-refractivity contribution is 0.574. The van der Waals surface area contributed by atoms with Gasteiger partial charge in [-0.1, -0.05) is 91.0 Å². The van der Waals surface area contributed by atoms with Gasteiger partial charge in [-0.2, -0.15) is 0 Å². The maximum atomic E-state index is 6.40. The smallest absolute Gasteiger partial charge is 0.135 e. The summed E-state index contributed by atoms with van der Waals surface area (Å²) in [5, 5.41) is 4.66. The molecule has 214 valence electrons. The number of nitrogens with zero attached hydrogens (tertiary/aromatic N) is 1. The second-order valence-electron chi connectivity index (χ2n) is 11.8. The van der Waals surface area contributed by atoms with Crippen molar-refractivity contribution < 1.29 is 8.83 Å². The Balaban J connectivity index is 1.24. The number of furan rings is 2. The zero-order valence-corrected chi connectivity index (χ0v) is 25.0. The first kappa shape index (κ1) is 25.7. The molecule has 0 amide bonds. The largest absolute Gasteiger partial charge is 0.461 e. The van der Waals surface area contributed by atoms with Crippen LogP contribution in [-0.2, 0) is 0 Å². The summed E-state index contributed by atoms with van der Waals surface area (Å²) in [6.45, 7) is 4.11. The van der Waals surface area contributed by atoms with Crippen molar-refractivity contribution in [2.75, 3.05) is 0 Å². The van der Waals surface area contributed by atoms with Gasteiger partial charge in [0.1, 0.15) is 22.7 Å². The maximum absolute atomic E-state index is 6.40. The predicted octanol–water partition coefficient (Wildman–Crippen LogP) is 11.9. The fourth-order valence-corrected chi connectivity index (χ4v) is 7.08. The van der Waals surface area contributed by atoms with E-state index in [1.54, 1.807) is 0 Å². The number of benzene rings is 6. The maximum Gasteiger partial charge on any atom is 0.135 e. The summed E-state index contributed by atoms with van der Waals surface area (Å²) in [7, 11) is 0. The molecule has 0 saturated heterocycles. The lowest BCUT2D eigenvalue weighted by Crippen LogP contribution is -1.93. The molecule has 0 saturated carbocycles. The van der Waals surface area contributed by atoms with Crippen LogP contribution in [0.15, 0.2) is 148 Å². The zero-order chi connectivity index (χ0) is 30.1. The molecule has 0 unspecified atom stereocenters. The Morgan fingerprint density at radius 3 is 1.58 bits per heavy atom. The Bertz CT molecular complexity index is 2510. The summed E-state index contributed by atoms with van der Waals surface area (Å²) in [5.74, 6) is 1.76. The Hall–Kier alpha value is -5.80. The van der Waals surface area contributed by atoms with Crippen molar-refractivity contribution in [1.82, 2.24) is 4.57 Å². The van der Waals surface area contributed by atoms with Crippen LogP contribution >= 0.6 is 0 Å². The van der Waals surface area contributed by atoms with Gasteiger partial charge in [-0.3, -0.25) is 0 Å². The highest BCUT2D eigenvalue weighted by Crippen LogP contribution is 2.44. The normalized spacial score (nSPS) is 11.8. The molecule has 3 heteroatoms. The summed E-state index contributed by atoms with van der Waals surface area (Å²) in [6.07, 6.45) is 0. The van der Waals surface area contributed by atoms with Gasteiger partial charge in [0.2, 0.25) is 0 Å². The van der Waals surface area contributed by atoms with Gasteiger partial charge in [-0.15, -0.1) is 0 Å². The van der Waals surface area contributed by atoms with E-state index in [-0.39, 0.29) is 0 Å². The molecule has 0 bridgehead atoms. The molecule has 0 radical (unpaired) electrons. The predicted molar refractivity (Wildman–Crippen MR) is 186 cm³/mol. The van der Waals surface area contributed by atoms with E-state index in [4.69, 9.17) is 8.83 Å². The van der Waals surface area contributed by atoms with Crippen molar-refractivity contribution in [3.8, 4) is 39.1 Å². The molecule has 0 fully saturated rings. The quantitative estimate of drug-likeness (QED) is 0.208. The van der Waals surface area contributed by atoms with Gasteiger partial charge in [-0.05, 0) is 84.6 Å². The first-order chi connectivity index (χ1) is 22.1. The summed E-state index contributed by atoms with van der Waals surface area (Å²) < 4.78 is 15.1. The second-order valence-corrected chi connectivity index (χ2v) is 11.8. The minimum atomic E-state index is 0.868. The summed E-state index contributed by atoms with van der Waals surface area (Å²) >= 11 is 0. The molecule has 3 nitrogen and oxygen atoms in total. The molecule has 6 aromatic carbocycles. The van der Waals surface area contributed by atoms with Crippen molar-refractivity contribution >= 4 is 43.7 Å². The molecule has 45 heavy (non-hydrogen) atoms. The molecular formula is C42H29NO2. The van der Waals surface area contributed by atoms with E-state index in [0.717, 1.165) is 55.8 Å². The molecule has 0 atom stereocenters. The highest BCUT2D eigenvalue weighted by molar-refractivity contribution is 6.10. The number of hydrogen-bond donors (Lipinski definition) is 0. The Morgan fingerprint density at radius 1 is 0.400 bits per heavy atom. The summed E-state index contributed by atoms with van der Waals surface area (Å²) in [6, 6.07) is 49.5. The first-order valence-corrected chi connectivity index (χ1v) is 15.4. The van der Waals surface area contributed by atoms with E-state index in [9.17, 15) is 0 Å². The lowest BCUT2D eigenvalue weighted by Gasteiger charge is -2.09. The van der Waals surface area contributed by atoms with Gasteiger partial charge in [0.05, 0.1) is 11.0 Å². The van der Waals surface area contributed by atoms with Gasteiger partial charge in [-0.25, -0.2) is 0 Å². The highest BCUT2D eigenvalue weighted by Gasteiger charge is 2.22. The van der Waals surface area contributed by atoms with E-state index in [2.05, 4.69) is 158 Å². The van der Waals surface area contributed by atoms with Crippen LogP contribution in [0.3, 0.4) is 0 Å². The molecule has 9 rings (SSSR count). The molecular weight excluding hydrogens is 550 g/mol. The van der Waals surface area contributed by atoms with Gasteiger partial charge >= 0.3 is 0 Å². The molecule has 9 aromatic rings. The number of rotatable bonds is 4. The SMILES string of the molecule is Cc1oc2ccc(-c3cccc(-c4ccccc4)c3)cc2c1-c1c(C)oc2ccc(-n3c4ccccc4c4ccccc43)cc12. The minimum absolute atomic E-state index is 0.868. The zero-order valence-electron chi connectivity index (χ0n) is 25.0. The van der Waals surface area contributed by atoms with Crippen molar-refractivity contribution in [1.29, 1.82) is 0 Å². The molecule has 0 aliphatic carbocycles. The Morgan fingerprint density at radius 2 is 0.911 bits per heavy atom. The number of aromatic nitrogens is 1. The summed E-state index contributed by atoms with van der Waals surface area (Å²) in [5.41, 5.74) is 12.1. The van der Waals surface area contributed by atoms with Crippen LogP contribution in [0, 0.1) is 13.8 Å².